The summed E-state index contributed by atoms with van der Waals surface area (Å²) in [5.41, 5.74) is 0.633. The number of anilines is 1. The summed E-state index contributed by atoms with van der Waals surface area (Å²) in [6.07, 6.45) is 2.29. The van der Waals surface area contributed by atoms with Crippen LogP contribution in [0.4, 0.5) is 5.69 Å². The maximum Gasteiger partial charge on any atom is 0.243 e. The first-order valence-electron chi connectivity index (χ1n) is 8.37. The van der Waals surface area contributed by atoms with Crippen molar-refractivity contribution >= 4 is 31.6 Å². The number of hydrogen-bond acceptors (Lipinski definition) is 5. The summed E-state index contributed by atoms with van der Waals surface area (Å²) in [5.74, 6) is -0.772. The molecule has 3 rings (SSSR count). The highest BCUT2D eigenvalue weighted by atomic mass is 32.2. The molecule has 0 aromatic heterocycles. The number of amides is 1. The number of rotatable bonds is 4. The van der Waals surface area contributed by atoms with Crippen LogP contribution in [0.25, 0.3) is 0 Å². The number of sulfonamides is 2. The van der Waals surface area contributed by atoms with E-state index in [0.29, 0.717) is 12.1 Å². The van der Waals surface area contributed by atoms with Crippen LogP contribution in [-0.2, 0) is 24.8 Å². The summed E-state index contributed by atoms with van der Waals surface area (Å²) in [5, 5.41) is 0. The molecule has 1 aromatic carbocycles. The second-order valence-corrected chi connectivity index (χ2v) is 10.3. The molecule has 1 amide bonds. The van der Waals surface area contributed by atoms with Crippen LogP contribution in [0, 0.1) is 6.92 Å². The van der Waals surface area contributed by atoms with Crippen LogP contribution in [0.3, 0.4) is 0 Å². The van der Waals surface area contributed by atoms with E-state index in [1.807, 2.05) is 6.92 Å². The second-order valence-electron chi connectivity index (χ2n) is 6.49. The predicted molar refractivity (Wildman–Crippen MR) is 94.3 cm³/mol. The number of carbonyl (C=O) groups is 1. The normalized spacial score (nSPS) is 24.2. The Morgan fingerprint density at radius 3 is 2.60 bits per heavy atom. The smallest absolute Gasteiger partial charge is 0.243 e. The zero-order valence-corrected chi connectivity index (χ0v) is 15.9. The molecule has 2 heterocycles. The maximum atomic E-state index is 13.1. The molecule has 2 aliphatic rings. The van der Waals surface area contributed by atoms with Crippen LogP contribution < -0.4 is 4.31 Å². The Labute approximate surface area is 148 Å². The molecule has 0 radical (unpaired) electrons. The van der Waals surface area contributed by atoms with E-state index in [2.05, 4.69) is 0 Å². The van der Waals surface area contributed by atoms with E-state index >= 15 is 0 Å². The minimum Gasteiger partial charge on any atom is -0.273 e. The van der Waals surface area contributed by atoms with E-state index < -0.39 is 26.0 Å². The Morgan fingerprint density at radius 2 is 2.00 bits per heavy atom. The van der Waals surface area contributed by atoms with Gasteiger partial charge in [-0.3, -0.25) is 4.79 Å². The van der Waals surface area contributed by atoms with Crippen LogP contribution >= 0.6 is 0 Å². The summed E-state index contributed by atoms with van der Waals surface area (Å²) in [6.45, 7) is 4.09. The van der Waals surface area contributed by atoms with E-state index in [0.717, 1.165) is 23.6 Å². The van der Waals surface area contributed by atoms with E-state index in [-0.39, 0.29) is 28.8 Å². The lowest BCUT2D eigenvalue weighted by atomic mass is 10.2. The average Bonchev–Trinajstić information content (AvgIpc) is 3.13. The number of hydrogen-bond donors (Lipinski definition) is 0. The summed E-state index contributed by atoms with van der Waals surface area (Å²) in [4.78, 5) is 12.0. The first-order chi connectivity index (χ1) is 11.7. The molecule has 138 valence electrons. The van der Waals surface area contributed by atoms with Crippen LogP contribution in [-0.4, -0.2) is 45.4 Å². The quantitative estimate of drug-likeness (QED) is 0.784. The van der Waals surface area contributed by atoms with E-state index in [4.69, 9.17) is 0 Å². The Hall–Kier alpha value is -1.45. The summed E-state index contributed by atoms with van der Waals surface area (Å²) in [6, 6.07) is 4.32. The van der Waals surface area contributed by atoms with Crippen molar-refractivity contribution in [2.45, 2.75) is 50.5 Å². The Balaban J connectivity index is 2.07. The lowest BCUT2D eigenvalue weighted by Gasteiger charge is -2.25. The molecule has 1 aromatic rings. The van der Waals surface area contributed by atoms with Crippen LogP contribution in [0.1, 0.15) is 38.2 Å². The van der Waals surface area contributed by atoms with Gasteiger partial charge in [-0.05, 0) is 43.9 Å². The lowest BCUT2D eigenvalue weighted by Crippen LogP contribution is -2.36. The van der Waals surface area contributed by atoms with Gasteiger partial charge in [0.1, 0.15) is 0 Å². The van der Waals surface area contributed by atoms with Crippen molar-refractivity contribution < 1.29 is 21.6 Å². The molecule has 9 heteroatoms. The van der Waals surface area contributed by atoms with Gasteiger partial charge in [0.05, 0.1) is 16.3 Å². The topological polar surface area (TPSA) is 91.8 Å². The van der Waals surface area contributed by atoms with Crippen molar-refractivity contribution in [1.29, 1.82) is 0 Å². The first kappa shape index (κ1) is 18.3. The molecule has 0 bridgehead atoms. The van der Waals surface area contributed by atoms with Gasteiger partial charge in [0.15, 0.2) is 0 Å². The molecule has 0 N–H and O–H groups in total. The van der Waals surface area contributed by atoms with Gasteiger partial charge < -0.3 is 0 Å². The third-order valence-corrected chi connectivity index (χ3v) is 8.65. The van der Waals surface area contributed by atoms with Gasteiger partial charge in [-0.2, -0.15) is 4.31 Å². The standard InChI is InChI=1S/C16H22N2O5S2/c1-3-13-5-4-9-17(13)25(22,23)15-11-14(7-6-12(15)2)18-16(19)8-10-24(18,20)21/h6-7,11,13H,3-5,8-10H2,1-2H3. The SMILES string of the molecule is CCC1CCCN1S(=O)(=O)c1cc(N2C(=O)CCS2(=O)=O)ccc1C. The summed E-state index contributed by atoms with van der Waals surface area (Å²) < 4.78 is 52.7. The highest BCUT2D eigenvalue weighted by Crippen LogP contribution is 2.33. The molecule has 0 spiro atoms. The van der Waals surface area contributed by atoms with Crippen molar-refractivity contribution in [3.05, 3.63) is 23.8 Å². The molecule has 0 saturated carbocycles. The third kappa shape index (κ3) is 3.09. The number of carbonyl (C=O) groups excluding carboxylic acids is 1. The fourth-order valence-corrected chi connectivity index (χ4v) is 6.99. The first-order valence-corrected chi connectivity index (χ1v) is 11.4. The van der Waals surface area contributed by atoms with Crippen molar-refractivity contribution in [1.82, 2.24) is 4.31 Å². The molecule has 7 nitrogen and oxygen atoms in total. The van der Waals surface area contributed by atoms with Crippen molar-refractivity contribution in [3.8, 4) is 0 Å². The van der Waals surface area contributed by atoms with Crippen molar-refractivity contribution in [2.24, 2.45) is 0 Å². The lowest BCUT2D eigenvalue weighted by molar-refractivity contribution is -0.116. The number of aryl methyl sites for hydroxylation is 1. The van der Waals surface area contributed by atoms with Gasteiger partial charge in [0.2, 0.25) is 26.0 Å². The fraction of sp³-hybridized carbons (Fsp3) is 0.562. The largest absolute Gasteiger partial charge is 0.273 e. The molecule has 1 atom stereocenters. The molecule has 25 heavy (non-hydrogen) atoms. The second kappa shape index (κ2) is 6.37. The molecule has 2 fully saturated rings. The van der Waals surface area contributed by atoms with Gasteiger partial charge in [-0.1, -0.05) is 13.0 Å². The molecule has 2 aliphatic heterocycles. The van der Waals surface area contributed by atoms with Gasteiger partial charge >= 0.3 is 0 Å². The van der Waals surface area contributed by atoms with Gasteiger partial charge in [0, 0.05) is 19.0 Å². The van der Waals surface area contributed by atoms with E-state index in [9.17, 15) is 21.6 Å². The van der Waals surface area contributed by atoms with E-state index in [1.165, 1.54) is 16.4 Å². The van der Waals surface area contributed by atoms with Gasteiger partial charge in [0.25, 0.3) is 0 Å². The average molecular weight is 386 g/mol. The minimum atomic E-state index is -3.74. The molecular weight excluding hydrogens is 364 g/mol. The van der Waals surface area contributed by atoms with Crippen LogP contribution in [0.2, 0.25) is 0 Å². The Kier molecular flexibility index (Phi) is 4.67. The fourth-order valence-electron chi connectivity index (χ4n) is 3.52. The van der Waals surface area contributed by atoms with Gasteiger partial charge in [-0.15, -0.1) is 0 Å². The molecular formula is C16H22N2O5S2. The molecule has 2 saturated heterocycles. The predicted octanol–water partition coefficient (Wildman–Crippen LogP) is 1.62. The zero-order chi connectivity index (χ0) is 18.4. The Morgan fingerprint density at radius 1 is 1.28 bits per heavy atom. The zero-order valence-electron chi connectivity index (χ0n) is 14.3. The van der Waals surface area contributed by atoms with Crippen molar-refractivity contribution in [3.63, 3.8) is 0 Å². The monoisotopic (exact) mass is 386 g/mol. The molecule has 0 aliphatic carbocycles. The summed E-state index contributed by atoms with van der Waals surface area (Å²) in [7, 11) is -7.46. The highest BCUT2D eigenvalue weighted by Gasteiger charge is 2.39. The minimum absolute atomic E-state index is 0.0368. The molecule has 1 unspecified atom stereocenters. The maximum absolute atomic E-state index is 13.1. The summed E-state index contributed by atoms with van der Waals surface area (Å²) >= 11 is 0. The van der Waals surface area contributed by atoms with Crippen LogP contribution in [0.15, 0.2) is 23.1 Å². The van der Waals surface area contributed by atoms with Gasteiger partial charge in [-0.25, -0.2) is 21.1 Å². The number of nitrogens with zero attached hydrogens (tertiary/aromatic N) is 2. The van der Waals surface area contributed by atoms with E-state index in [1.54, 1.807) is 13.0 Å². The third-order valence-electron chi connectivity index (χ3n) is 4.87. The number of benzene rings is 1. The Bertz CT molecular complexity index is 908. The van der Waals surface area contributed by atoms with Crippen LogP contribution in [0.5, 0.6) is 0 Å². The van der Waals surface area contributed by atoms with Crippen molar-refractivity contribution in [2.75, 3.05) is 16.6 Å². The highest BCUT2D eigenvalue weighted by molar-refractivity contribution is 7.94.